The lowest BCUT2D eigenvalue weighted by atomic mass is 10.1. The molecule has 4 nitrogen and oxygen atoms in total. The quantitative estimate of drug-likeness (QED) is 0.939. The third-order valence-corrected chi connectivity index (χ3v) is 3.82. The van der Waals surface area contributed by atoms with Crippen molar-refractivity contribution >= 4 is 16.7 Å². The van der Waals surface area contributed by atoms with Gasteiger partial charge < -0.3 is 14.8 Å². The first kappa shape index (κ1) is 13.9. The van der Waals surface area contributed by atoms with Crippen LogP contribution in [0, 0.1) is 0 Å². The summed E-state index contributed by atoms with van der Waals surface area (Å²) in [7, 11) is 1.65. The monoisotopic (exact) mass is 285 g/mol. The van der Waals surface area contributed by atoms with Crippen molar-refractivity contribution in [1.29, 1.82) is 0 Å². The number of fused-ring (bicyclic) bond motifs is 1. The number of benzene rings is 2. The van der Waals surface area contributed by atoms with E-state index in [1.54, 1.807) is 7.11 Å². The van der Waals surface area contributed by atoms with Gasteiger partial charge in [0, 0.05) is 18.7 Å². The molecule has 0 spiro atoms. The van der Waals surface area contributed by atoms with Gasteiger partial charge in [-0.2, -0.15) is 0 Å². The first-order chi connectivity index (χ1) is 10.3. The standard InChI is InChI=1S/C17H19NO3/c1-20-15-7-6-12-9-14(5-4-13(12)10-15)17(19)18-11-16-3-2-8-21-16/h4-7,9-10,16H,2-3,8,11H2,1H3,(H,18,19)/t16-/m0/s1. The predicted molar refractivity (Wildman–Crippen MR) is 81.8 cm³/mol. The van der Waals surface area contributed by atoms with Gasteiger partial charge in [0.25, 0.3) is 5.91 Å². The molecule has 0 bridgehead atoms. The minimum absolute atomic E-state index is 0.0526. The average molecular weight is 285 g/mol. The number of ether oxygens (including phenoxy) is 2. The number of nitrogens with one attached hydrogen (secondary N) is 1. The lowest BCUT2D eigenvalue weighted by Gasteiger charge is -2.11. The van der Waals surface area contributed by atoms with Crippen LogP contribution < -0.4 is 10.1 Å². The summed E-state index contributed by atoms with van der Waals surface area (Å²) in [5.41, 5.74) is 0.672. The molecule has 21 heavy (non-hydrogen) atoms. The molecule has 0 aliphatic carbocycles. The zero-order chi connectivity index (χ0) is 14.7. The number of carbonyl (C=O) groups excluding carboxylic acids is 1. The predicted octanol–water partition coefficient (Wildman–Crippen LogP) is 2.76. The molecule has 1 amide bonds. The molecule has 1 saturated heterocycles. The molecule has 1 N–H and O–H groups in total. The molecule has 0 saturated carbocycles. The van der Waals surface area contributed by atoms with E-state index >= 15 is 0 Å². The Morgan fingerprint density at radius 1 is 1.29 bits per heavy atom. The number of methoxy groups -OCH3 is 1. The fourth-order valence-corrected chi connectivity index (χ4v) is 2.61. The highest BCUT2D eigenvalue weighted by molar-refractivity contribution is 5.98. The first-order valence-corrected chi connectivity index (χ1v) is 7.24. The molecule has 4 heteroatoms. The van der Waals surface area contributed by atoms with Crippen LogP contribution in [0.2, 0.25) is 0 Å². The van der Waals surface area contributed by atoms with Crippen LogP contribution in [0.25, 0.3) is 10.8 Å². The number of hydrogen-bond acceptors (Lipinski definition) is 3. The summed E-state index contributed by atoms with van der Waals surface area (Å²) in [5.74, 6) is 0.765. The number of hydrogen-bond donors (Lipinski definition) is 1. The molecule has 1 atom stereocenters. The van der Waals surface area contributed by atoms with E-state index in [2.05, 4.69) is 5.32 Å². The minimum Gasteiger partial charge on any atom is -0.497 e. The zero-order valence-electron chi connectivity index (χ0n) is 12.1. The highest BCUT2D eigenvalue weighted by Gasteiger charge is 2.16. The molecule has 1 heterocycles. The molecular weight excluding hydrogens is 266 g/mol. The van der Waals surface area contributed by atoms with Crippen molar-refractivity contribution in [2.24, 2.45) is 0 Å². The molecule has 1 fully saturated rings. The van der Waals surface area contributed by atoms with Crippen molar-refractivity contribution in [2.75, 3.05) is 20.3 Å². The number of rotatable bonds is 4. The second-order valence-corrected chi connectivity index (χ2v) is 5.27. The third kappa shape index (κ3) is 3.16. The van der Waals surface area contributed by atoms with Crippen molar-refractivity contribution in [1.82, 2.24) is 5.32 Å². The van der Waals surface area contributed by atoms with Crippen LogP contribution in [0.1, 0.15) is 23.2 Å². The summed E-state index contributed by atoms with van der Waals surface area (Å²) in [6.07, 6.45) is 2.27. The Morgan fingerprint density at radius 3 is 2.86 bits per heavy atom. The van der Waals surface area contributed by atoms with E-state index in [-0.39, 0.29) is 12.0 Å². The Morgan fingerprint density at radius 2 is 2.10 bits per heavy atom. The SMILES string of the molecule is COc1ccc2cc(C(=O)NC[C@@H]3CCCO3)ccc2c1. The van der Waals surface area contributed by atoms with Crippen molar-refractivity contribution < 1.29 is 14.3 Å². The molecule has 0 aromatic heterocycles. The van der Waals surface area contributed by atoms with Gasteiger partial charge in [0.2, 0.25) is 0 Å². The lowest BCUT2D eigenvalue weighted by Crippen LogP contribution is -2.31. The summed E-state index contributed by atoms with van der Waals surface area (Å²) in [4.78, 5) is 12.2. The first-order valence-electron chi connectivity index (χ1n) is 7.24. The fourth-order valence-electron chi connectivity index (χ4n) is 2.61. The van der Waals surface area contributed by atoms with Gasteiger partial charge in [-0.25, -0.2) is 0 Å². The largest absolute Gasteiger partial charge is 0.497 e. The number of amides is 1. The molecule has 110 valence electrons. The Kier molecular flexibility index (Phi) is 4.06. The molecule has 1 aliphatic rings. The maximum Gasteiger partial charge on any atom is 0.251 e. The summed E-state index contributed by atoms with van der Waals surface area (Å²) in [6, 6.07) is 11.5. The van der Waals surface area contributed by atoms with Crippen LogP contribution in [0.4, 0.5) is 0 Å². The van der Waals surface area contributed by atoms with E-state index in [4.69, 9.17) is 9.47 Å². The Hall–Kier alpha value is -2.07. The normalized spacial score (nSPS) is 17.9. The molecule has 0 unspecified atom stereocenters. The summed E-state index contributed by atoms with van der Waals surface area (Å²) in [5, 5.41) is 5.03. The van der Waals surface area contributed by atoms with Gasteiger partial charge in [-0.1, -0.05) is 12.1 Å². The van der Waals surface area contributed by atoms with Crippen molar-refractivity contribution in [3.8, 4) is 5.75 Å². The maximum atomic E-state index is 12.2. The zero-order valence-corrected chi connectivity index (χ0v) is 12.1. The fraction of sp³-hybridized carbons (Fsp3) is 0.353. The van der Waals surface area contributed by atoms with Gasteiger partial charge in [-0.3, -0.25) is 4.79 Å². The Bertz CT molecular complexity index is 648. The van der Waals surface area contributed by atoms with Gasteiger partial charge in [-0.05, 0) is 47.9 Å². The van der Waals surface area contributed by atoms with Crippen LogP contribution in [-0.2, 0) is 4.74 Å². The van der Waals surface area contributed by atoms with E-state index < -0.39 is 0 Å². The topological polar surface area (TPSA) is 47.6 Å². The third-order valence-electron chi connectivity index (χ3n) is 3.82. The highest BCUT2D eigenvalue weighted by atomic mass is 16.5. The van der Waals surface area contributed by atoms with Gasteiger partial charge in [0.1, 0.15) is 5.75 Å². The maximum absolute atomic E-state index is 12.2. The Balaban J connectivity index is 1.72. The average Bonchev–Trinajstić information content (AvgIpc) is 3.05. The van der Waals surface area contributed by atoms with Gasteiger partial charge >= 0.3 is 0 Å². The second-order valence-electron chi connectivity index (χ2n) is 5.27. The lowest BCUT2D eigenvalue weighted by molar-refractivity contribution is 0.0858. The van der Waals surface area contributed by atoms with E-state index in [0.717, 1.165) is 36.0 Å². The van der Waals surface area contributed by atoms with E-state index in [1.807, 2.05) is 36.4 Å². The highest BCUT2D eigenvalue weighted by Crippen LogP contribution is 2.22. The van der Waals surface area contributed by atoms with Crippen LogP contribution >= 0.6 is 0 Å². The van der Waals surface area contributed by atoms with E-state index in [9.17, 15) is 4.79 Å². The molecule has 3 rings (SSSR count). The molecule has 1 aliphatic heterocycles. The molecule has 0 radical (unpaired) electrons. The molecule has 2 aromatic carbocycles. The van der Waals surface area contributed by atoms with Crippen molar-refractivity contribution in [3.05, 3.63) is 42.0 Å². The van der Waals surface area contributed by atoms with Crippen molar-refractivity contribution in [2.45, 2.75) is 18.9 Å². The van der Waals surface area contributed by atoms with Gasteiger partial charge in [0.15, 0.2) is 0 Å². The van der Waals surface area contributed by atoms with E-state index in [1.165, 1.54) is 0 Å². The van der Waals surface area contributed by atoms with E-state index in [0.29, 0.717) is 12.1 Å². The Labute approximate surface area is 124 Å². The smallest absolute Gasteiger partial charge is 0.251 e. The summed E-state index contributed by atoms with van der Waals surface area (Å²) in [6.45, 7) is 1.39. The van der Waals surface area contributed by atoms with Gasteiger partial charge in [-0.15, -0.1) is 0 Å². The van der Waals surface area contributed by atoms with Crippen LogP contribution in [-0.4, -0.2) is 32.3 Å². The summed E-state index contributed by atoms with van der Waals surface area (Å²) < 4.78 is 10.7. The van der Waals surface area contributed by atoms with Crippen molar-refractivity contribution in [3.63, 3.8) is 0 Å². The second kappa shape index (κ2) is 6.14. The van der Waals surface area contributed by atoms with Gasteiger partial charge in [0.05, 0.1) is 13.2 Å². The van der Waals surface area contributed by atoms with Crippen LogP contribution in [0.5, 0.6) is 5.75 Å². The molecule has 2 aromatic rings. The molecular formula is C17H19NO3. The minimum atomic E-state index is -0.0526. The number of carbonyl (C=O) groups is 1. The van der Waals surface area contributed by atoms with Crippen LogP contribution in [0.15, 0.2) is 36.4 Å². The van der Waals surface area contributed by atoms with Crippen LogP contribution in [0.3, 0.4) is 0 Å². The summed E-state index contributed by atoms with van der Waals surface area (Å²) >= 11 is 0.